The van der Waals surface area contributed by atoms with E-state index in [0.29, 0.717) is 0 Å². The topological polar surface area (TPSA) is 86.7 Å². The van der Waals surface area contributed by atoms with Crippen molar-refractivity contribution in [2.75, 3.05) is 7.11 Å². The Balaban J connectivity index is 2.72. The second-order valence-corrected chi connectivity index (χ2v) is 6.78. The molecule has 0 radical (unpaired) electrons. The molecule has 24 heavy (non-hydrogen) atoms. The Hall–Kier alpha value is -2.49. The average molecular weight is 362 g/mol. The van der Waals surface area contributed by atoms with Crippen LogP contribution in [0.4, 0.5) is 13.2 Å². The maximum atomic E-state index is 13.1. The van der Waals surface area contributed by atoms with Crippen LogP contribution in [0.15, 0.2) is 36.9 Å². The van der Waals surface area contributed by atoms with Gasteiger partial charge < -0.3 is 13.6 Å². The van der Waals surface area contributed by atoms with Crippen LogP contribution in [0.3, 0.4) is 0 Å². The Kier molecular flexibility index (Phi) is 3.41. The van der Waals surface area contributed by atoms with Crippen LogP contribution in [-0.2, 0) is 9.84 Å². The van der Waals surface area contributed by atoms with E-state index in [1.54, 1.807) is 0 Å². The summed E-state index contributed by atoms with van der Waals surface area (Å²) < 4.78 is 78.7. The van der Waals surface area contributed by atoms with Crippen molar-refractivity contribution in [2.45, 2.75) is 17.3 Å². The maximum absolute atomic E-state index is 13.1. The molecule has 0 saturated heterocycles. The van der Waals surface area contributed by atoms with Crippen LogP contribution in [0, 0.1) is 6.92 Å². The normalized spacial score (nSPS) is 12.9. The minimum atomic E-state index is -5.84. The van der Waals surface area contributed by atoms with Gasteiger partial charge in [0.25, 0.3) is 9.84 Å². The van der Waals surface area contributed by atoms with Crippen molar-refractivity contribution in [1.29, 1.82) is 0 Å². The number of sulfone groups is 1. The molecule has 3 aromatic rings. The Labute approximate surface area is 132 Å². The zero-order chi connectivity index (χ0) is 17.9. The van der Waals surface area contributed by atoms with Crippen LogP contribution in [0.1, 0.15) is 5.76 Å². The van der Waals surface area contributed by atoms with Crippen molar-refractivity contribution in [3.63, 3.8) is 0 Å². The number of benzene rings is 1. The molecule has 0 saturated carbocycles. The molecule has 0 aliphatic heterocycles. The van der Waals surface area contributed by atoms with E-state index in [9.17, 15) is 26.4 Å². The molecule has 128 valence electrons. The van der Waals surface area contributed by atoms with Gasteiger partial charge in [0.05, 0.1) is 18.8 Å². The number of aryl methyl sites for hydroxylation is 1. The molecule has 6 nitrogen and oxygen atoms in total. The Morgan fingerprint density at radius 1 is 1.21 bits per heavy atom. The van der Waals surface area contributed by atoms with Crippen molar-refractivity contribution >= 4 is 31.8 Å². The monoisotopic (exact) mass is 362 g/mol. The number of methoxy groups -OCH3 is 1. The second kappa shape index (κ2) is 5.00. The zero-order valence-corrected chi connectivity index (χ0v) is 13.0. The van der Waals surface area contributed by atoms with Gasteiger partial charge in [-0.1, -0.05) is 0 Å². The van der Waals surface area contributed by atoms with Crippen molar-refractivity contribution in [2.24, 2.45) is 0 Å². The van der Waals surface area contributed by atoms with E-state index >= 15 is 0 Å². The van der Waals surface area contributed by atoms with Crippen LogP contribution in [-0.4, -0.2) is 21.0 Å². The third-order valence-corrected chi connectivity index (χ3v) is 4.97. The number of ether oxygens (including phenoxy) is 1. The molecule has 2 aromatic heterocycles. The molecular weight excluding hydrogens is 353 g/mol. The highest BCUT2D eigenvalue weighted by Gasteiger charge is 2.49. The number of furan rings is 1. The highest BCUT2D eigenvalue weighted by Crippen LogP contribution is 2.43. The second-order valence-electron chi connectivity index (χ2n) is 4.90. The summed E-state index contributed by atoms with van der Waals surface area (Å²) in [6, 6.07) is 1.93. The first-order chi connectivity index (χ1) is 11.1. The zero-order valence-electron chi connectivity index (χ0n) is 12.2. The summed E-state index contributed by atoms with van der Waals surface area (Å²) in [7, 11) is -4.64. The largest absolute Gasteiger partial charge is 0.501 e. The lowest BCUT2D eigenvalue weighted by Crippen LogP contribution is -2.25. The van der Waals surface area contributed by atoms with E-state index < -0.39 is 42.0 Å². The molecule has 0 unspecified atom stereocenters. The van der Waals surface area contributed by atoms with Crippen molar-refractivity contribution < 1.29 is 35.2 Å². The van der Waals surface area contributed by atoms with Gasteiger partial charge in [-0.25, -0.2) is 8.42 Å². The lowest BCUT2D eigenvalue weighted by Gasteiger charge is -2.13. The summed E-state index contributed by atoms with van der Waals surface area (Å²) >= 11 is 0. The van der Waals surface area contributed by atoms with Gasteiger partial charge in [0, 0.05) is 11.5 Å². The molecule has 0 N–H and O–H groups in total. The molecule has 3 rings (SSSR count). The number of hydrogen-bond acceptors (Lipinski definition) is 6. The van der Waals surface area contributed by atoms with Gasteiger partial charge in [-0.2, -0.15) is 13.2 Å². The fourth-order valence-electron chi connectivity index (χ4n) is 2.47. The summed E-state index contributed by atoms with van der Waals surface area (Å²) in [6.07, 6.45) is 0.999. The summed E-state index contributed by atoms with van der Waals surface area (Å²) in [6.45, 7) is 1.39. The first-order valence-corrected chi connectivity index (χ1v) is 7.91. The Morgan fingerprint density at radius 2 is 1.88 bits per heavy atom. The van der Waals surface area contributed by atoms with Crippen LogP contribution in [0.25, 0.3) is 21.9 Å². The Bertz CT molecular complexity index is 1120. The molecule has 0 aliphatic carbocycles. The number of hydrogen-bond donors (Lipinski definition) is 0. The van der Waals surface area contributed by atoms with E-state index in [1.165, 1.54) is 14.0 Å². The van der Waals surface area contributed by atoms with Gasteiger partial charge in [0.2, 0.25) is 5.75 Å². The summed E-state index contributed by atoms with van der Waals surface area (Å²) in [5.41, 5.74) is -7.22. The van der Waals surface area contributed by atoms with Gasteiger partial charge in [-0.15, -0.1) is 0 Å². The van der Waals surface area contributed by atoms with Crippen LogP contribution >= 0.6 is 0 Å². The predicted octanol–water partition coefficient (Wildman–Crippen LogP) is 3.15. The molecule has 0 spiro atoms. The minimum Gasteiger partial charge on any atom is -0.490 e. The van der Waals surface area contributed by atoms with Crippen molar-refractivity contribution in [1.82, 2.24) is 0 Å². The molecular formula is C14H9F3O6S. The predicted molar refractivity (Wildman–Crippen MR) is 76.8 cm³/mol. The van der Waals surface area contributed by atoms with E-state index in [1.807, 2.05) is 0 Å². The van der Waals surface area contributed by atoms with Crippen LogP contribution < -0.4 is 10.2 Å². The third-order valence-electron chi connectivity index (χ3n) is 3.40. The standard InChI is InChI=1S/C14H9F3O6S/c1-6-5-8(18)9-11(23-6)12(21-2)10-7(3-4-22-10)13(9)24(19,20)14(15,16)17/h3-5H,1-2H3. The molecule has 0 amide bonds. The number of alkyl halides is 3. The maximum Gasteiger partial charge on any atom is 0.501 e. The molecule has 0 bridgehead atoms. The number of halogens is 3. The van der Waals surface area contributed by atoms with Gasteiger partial charge in [-0.05, 0) is 13.0 Å². The fourth-order valence-corrected chi connectivity index (χ4v) is 3.61. The lowest BCUT2D eigenvalue weighted by atomic mass is 10.1. The van der Waals surface area contributed by atoms with Gasteiger partial charge >= 0.3 is 5.51 Å². The first kappa shape index (κ1) is 16.4. The van der Waals surface area contributed by atoms with Crippen LogP contribution in [0.5, 0.6) is 5.75 Å². The quantitative estimate of drug-likeness (QED) is 0.696. The molecule has 1 aromatic carbocycles. The molecule has 0 aliphatic rings. The van der Waals surface area contributed by atoms with Crippen LogP contribution in [0.2, 0.25) is 0 Å². The smallest absolute Gasteiger partial charge is 0.490 e. The number of fused-ring (bicyclic) bond motifs is 2. The lowest BCUT2D eigenvalue weighted by molar-refractivity contribution is -0.0434. The minimum absolute atomic E-state index is 0.0760. The molecule has 10 heteroatoms. The van der Waals surface area contributed by atoms with Gasteiger partial charge in [0.1, 0.15) is 10.7 Å². The van der Waals surface area contributed by atoms with Gasteiger partial charge in [0.15, 0.2) is 16.6 Å². The average Bonchev–Trinajstić information content (AvgIpc) is 2.91. The summed E-state index contributed by atoms with van der Waals surface area (Å²) in [4.78, 5) is 11.0. The number of rotatable bonds is 2. The van der Waals surface area contributed by atoms with Crippen molar-refractivity contribution in [3.8, 4) is 5.75 Å². The molecule has 0 fully saturated rings. The SMILES string of the molecule is COc1c2occc2c(S(=O)(=O)C(F)(F)F)c2c(=O)cc(C)oc12. The summed E-state index contributed by atoms with van der Waals surface area (Å²) in [5.74, 6) is -0.0843. The third kappa shape index (κ3) is 2.09. The fraction of sp³-hybridized carbons (Fsp3) is 0.214. The highest BCUT2D eigenvalue weighted by molar-refractivity contribution is 7.92. The molecule has 2 heterocycles. The van der Waals surface area contributed by atoms with Gasteiger partial charge in [-0.3, -0.25) is 4.79 Å². The highest BCUT2D eigenvalue weighted by atomic mass is 32.2. The summed E-state index contributed by atoms with van der Waals surface area (Å²) in [5, 5.41) is -1.14. The van der Waals surface area contributed by atoms with E-state index in [0.717, 1.165) is 18.4 Å². The van der Waals surface area contributed by atoms with Crippen molar-refractivity contribution in [3.05, 3.63) is 34.4 Å². The molecule has 0 atom stereocenters. The van der Waals surface area contributed by atoms with E-state index in [2.05, 4.69) is 0 Å². The Morgan fingerprint density at radius 3 is 2.46 bits per heavy atom. The van der Waals surface area contributed by atoms with E-state index in [-0.39, 0.29) is 17.1 Å². The van der Waals surface area contributed by atoms with E-state index in [4.69, 9.17) is 13.6 Å². The first-order valence-electron chi connectivity index (χ1n) is 6.42.